The molecule has 0 nitrogen and oxygen atoms in total. The van der Waals surface area contributed by atoms with E-state index >= 15 is 0 Å². The molecule has 0 spiro atoms. The standard InChI is InChI=1S/C16H30S/c1-6-9-14(2)10-7-11-15(3)12-8-13-16(4)17-5/h1,14-16H,7-13H2,2-5H3. The molecule has 0 fully saturated rings. The first-order valence-electron chi connectivity index (χ1n) is 7.06. The SMILES string of the molecule is C#CCC(C)CCCC(C)CCCC(C)SC. The third-order valence-corrected chi connectivity index (χ3v) is 4.61. The van der Waals surface area contributed by atoms with Gasteiger partial charge in [0.05, 0.1) is 0 Å². The van der Waals surface area contributed by atoms with E-state index in [-0.39, 0.29) is 0 Å². The third-order valence-electron chi connectivity index (χ3n) is 3.57. The fourth-order valence-electron chi connectivity index (χ4n) is 2.13. The summed E-state index contributed by atoms with van der Waals surface area (Å²) in [6.45, 7) is 7.00. The summed E-state index contributed by atoms with van der Waals surface area (Å²) in [6.07, 6.45) is 16.7. The summed E-state index contributed by atoms with van der Waals surface area (Å²) in [6, 6.07) is 0. The molecule has 0 saturated heterocycles. The van der Waals surface area contributed by atoms with Gasteiger partial charge in [-0.05, 0) is 30.9 Å². The van der Waals surface area contributed by atoms with Crippen molar-refractivity contribution < 1.29 is 0 Å². The first-order valence-corrected chi connectivity index (χ1v) is 8.35. The molecule has 0 bridgehead atoms. The molecule has 3 atom stereocenters. The minimum Gasteiger partial charge on any atom is -0.162 e. The first-order chi connectivity index (χ1) is 8.10. The maximum Gasteiger partial charge on any atom is 0.0112 e. The maximum absolute atomic E-state index is 5.32. The lowest BCUT2D eigenvalue weighted by molar-refractivity contribution is 0.415. The van der Waals surface area contributed by atoms with Crippen LogP contribution in [-0.2, 0) is 0 Å². The molecule has 0 N–H and O–H groups in total. The van der Waals surface area contributed by atoms with Crippen molar-refractivity contribution in [3.8, 4) is 12.3 Å². The highest BCUT2D eigenvalue weighted by atomic mass is 32.2. The molecule has 100 valence electrons. The fraction of sp³-hybridized carbons (Fsp3) is 0.875. The summed E-state index contributed by atoms with van der Waals surface area (Å²) in [5.74, 6) is 4.36. The van der Waals surface area contributed by atoms with Crippen LogP contribution in [0.5, 0.6) is 0 Å². The van der Waals surface area contributed by atoms with Gasteiger partial charge in [0.25, 0.3) is 0 Å². The predicted molar refractivity (Wildman–Crippen MR) is 82.5 cm³/mol. The Labute approximate surface area is 113 Å². The van der Waals surface area contributed by atoms with Gasteiger partial charge in [-0.2, -0.15) is 11.8 Å². The molecule has 0 amide bonds. The van der Waals surface area contributed by atoms with Gasteiger partial charge in [0, 0.05) is 11.7 Å². The molecule has 0 heterocycles. The normalized spacial score (nSPS) is 16.2. The van der Waals surface area contributed by atoms with Crippen LogP contribution >= 0.6 is 11.8 Å². The number of terminal acetylenes is 1. The zero-order chi connectivity index (χ0) is 13.1. The molecular formula is C16H30S. The average molecular weight is 254 g/mol. The van der Waals surface area contributed by atoms with E-state index in [0.29, 0.717) is 5.92 Å². The van der Waals surface area contributed by atoms with E-state index < -0.39 is 0 Å². The maximum atomic E-state index is 5.32. The van der Waals surface area contributed by atoms with E-state index in [1.54, 1.807) is 0 Å². The zero-order valence-corrected chi connectivity index (χ0v) is 13.0. The van der Waals surface area contributed by atoms with Crippen molar-refractivity contribution >= 4 is 11.8 Å². The molecule has 0 aliphatic carbocycles. The number of thioether (sulfide) groups is 1. The van der Waals surface area contributed by atoms with Crippen LogP contribution in [0, 0.1) is 24.2 Å². The van der Waals surface area contributed by atoms with Crippen LogP contribution < -0.4 is 0 Å². The zero-order valence-electron chi connectivity index (χ0n) is 12.2. The summed E-state index contributed by atoms with van der Waals surface area (Å²) in [4.78, 5) is 0. The van der Waals surface area contributed by atoms with Gasteiger partial charge in [-0.25, -0.2) is 0 Å². The Morgan fingerprint density at radius 3 is 2.00 bits per heavy atom. The van der Waals surface area contributed by atoms with Crippen LogP contribution in [0.3, 0.4) is 0 Å². The van der Waals surface area contributed by atoms with Gasteiger partial charge in [0.2, 0.25) is 0 Å². The van der Waals surface area contributed by atoms with Gasteiger partial charge in [-0.15, -0.1) is 12.3 Å². The van der Waals surface area contributed by atoms with Crippen molar-refractivity contribution in [2.24, 2.45) is 11.8 Å². The molecule has 17 heavy (non-hydrogen) atoms. The lowest BCUT2D eigenvalue weighted by Crippen LogP contribution is -2.01. The molecule has 0 rings (SSSR count). The summed E-state index contributed by atoms with van der Waals surface area (Å²) >= 11 is 1.98. The Morgan fingerprint density at radius 1 is 0.941 bits per heavy atom. The van der Waals surface area contributed by atoms with E-state index in [0.717, 1.165) is 17.6 Å². The molecule has 0 aromatic heterocycles. The van der Waals surface area contributed by atoms with Crippen molar-refractivity contribution in [3.05, 3.63) is 0 Å². The van der Waals surface area contributed by atoms with Crippen molar-refractivity contribution in [3.63, 3.8) is 0 Å². The molecule has 0 saturated carbocycles. The average Bonchev–Trinajstić information content (AvgIpc) is 2.29. The first kappa shape index (κ1) is 16.9. The van der Waals surface area contributed by atoms with Gasteiger partial charge in [-0.1, -0.05) is 46.5 Å². The lowest BCUT2D eigenvalue weighted by atomic mass is 9.94. The minimum absolute atomic E-state index is 0.712. The van der Waals surface area contributed by atoms with Crippen LogP contribution in [0.4, 0.5) is 0 Å². The summed E-state index contributed by atoms with van der Waals surface area (Å²) in [7, 11) is 0. The second-order valence-corrected chi connectivity index (χ2v) is 6.80. The highest BCUT2D eigenvalue weighted by Gasteiger charge is 2.06. The van der Waals surface area contributed by atoms with Gasteiger partial charge in [0.1, 0.15) is 0 Å². The topological polar surface area (TPSA) is 0 Å². The van der Waals surface area contributed by atoms with Crippen LogP contribution in [0.1, 0.15) is 65.7 Å². The molecule has 1 heteroatoms. The van der Waals surface area contributed by atoms with E-state index in [4.69, 9.17) is 6.42 Å². The second kappa shape index (κ2) is 11.0. The largest absolute Gasteiger partial charge is 0.162 e. The van der Waals surface area contributed by atoms with E-state index in [9.17, 15) is 0 Å². The molecule has 0 aromatic carbocycles. The van der Waals surface area contributed by atoms with Crippen LogP contribution in [0.15, 0.2) is 0 Å². The molecule has 0 aliphatic heterocycles. The predicted octanol–water partition coefficient (Wildman–Crippen LogP) is 5.37. The van der Waals surface area contributed by atoms with Gasteiger partial charge < -0.3 is 0 Å². The van der Waals surface area contributed by atoms with E-state index in [1.165, 1.54) is 38.5 Å². The van der Waals surface area contributed by atoms with Crippen LogP contribution in [0.25, 0.3) is 0 Å². The van der Waals surface area contributed by atoms with Gasteiger partial charge in [0.15, 0.2) is 0 Å². The Balaban J connectivity index is 3.41. The summed E-state index contributed by atoms with van der Waals surface area (Å²) < 4.78 is 0. The number of hydrogen-bond acceptors (Lipinski definition) is 1. The van der Waals surface area contributed by atoms with Crippen LogP contribution in [-0.4, -0.2) is 11.5 Å². The highest BCUT2D eigenvalue weighted by molar-refractivity contribution is 7.99. The molecule has 0 radical (unpaired) electrons. The second-order valence-electron chi connectivity index (χ2n) is 5.53. The smallest absolute Gasteiger partial charge is 0.0112 e. The lowest BCUT2D eigenvalue weighted by Gasteiger charge is -2.14. The molecule has 3 unspecified atom stereocenters. The minimum atomic E-state index is 0.712. The quantitative estimate of drug-likeness (QED) is 0.472. The Kier molecular flexibility index (Phi) is 11.0. The molecule has 0 aromatic rings. The molecular weight excluding hydrogens is 224 g/mol. The van der Waals surface area contributed by atoms with Crippen molar-refractivity contribution in [1.29, 1.82) is 0 Å². The summed E-state index contributed by atoms with van der Waals surface area (Å²) in [5, 5.41) is 0.831. The Hall–Kier alpha value is -0.0900. The van der Waals surface area contributed by atoms with Crippen molar-refractivity contribution in [2.75, 3.05) is 6.26 Å². The van der Waals surface area contributed by atoms with Gasteiger partial charge >= 0.3 is 0 Å². The monoisotopic (exact) mass is 254 g/mol. The highest BCUT2D eigenvalue weighted by Crippen LogP contribution is 2.21. The third kappa shape index (κ3) is 10.8. The Bertz CT molecular complexity index is 204. The number of hydrogen-bond donors (Lipinski definition) is 0. The Morgan fingerprint density at radius 2 is 1.47 bits per heavy atom. The number of rotatable bonds is 10. The van der Waals surface area contributed by atoms with Gasteiger partial charge in [-0.3, -0.25) is 0 Å². The van der Waals surface area contributed by atoms with E-state index in [2.05, 4.69) is 32.9 Å². The van der Waals surface area contributed by atoms with Crippen molar-refractivity contribution in [1.82, 2.24) is 0 Å². The van der Waals surface area contributed by atoms with Crippen LogP contribution in [0.2, 0.25) is 0 Å². The molecule has 0 aliphatic rings. The van der Waals surface area contributed by atoms with Crippen molar-refractivity contribution in [2.45, 2.75) is 71.0 Å². The van der Waals surface area contributed by atoms with E-state index in [1.807, 2.05) is 11.8 Å². The summed E-state index contributed by atoms with van der Waals surface area (Å²) in [5.41, 5.74) is 0. The fourth-order valence-corrected chi connectivity index (χ4v) is 2.54.